The Morgan fingerprint density at radius 3 is 2.59 bits per heavy atom. The van der Waals surface area contributed by atoms with Gasteiger partial charge in [0.05, 0.1) is 24.1 Å². The van der Waals surface area contributed by atoms with Crippen LogP contribution in [0.5, 0.6) is 5.75 Å². The molecule has 0 aliphatic heterocycles. The minimum atomic E-state index is -4.56. The van der Waals surface area contributed by atoms with Gasteiger partial charge in [0.2, 0.25) is 5.91 Å². The van der Waals surface area contributed by atoms with Crippen molar-refractivity contribution in [2.75, 3.05) is 12.4 Å². The smallest absolute Gasteiger partial charge is 0.416 e. The Balaban J connectivity index is 1.87. The molecule has 6 nitrogen and oxygen atoms in total. The van der Waals surface area contributed by atoms with Crippen molar-refractivity contribution >= 4 is 11.6 Å². The highest BCUT2D eigenvalue weighted by Gasteiger charge is 2.32. The topological polar surface area (TPSA) is 73.2 Å². The molecule has 1 amide bonds. The summed E-state index contributed by atoms with van der Waals surface area (Å²) in [4.78, 5) is 24.6. The van der Waals surface area contributed by atoms with E-state index >= 15 is 0 Å². The maximum absolute atomic E-state index is 12.9. The molecule has 3 rings (SSSR count). The van der Waals surface area contributed by atoms with Gasteiger partial charge >= 0.3 is 6.18 Å². The van der Waals surface area contributed by atoms with Crippen LogP contribution < -0.4 is 15.6 Å². The third-order valence-corrected chi connectivity index (χ3v) is 4.37. The average Bonchev–Trinajstić information content (AvgIpc) is 3.45. The monoisotopic (exact) mass is 381 g/mol. The van der Waals surface area contributed by atoms with Gasteiger partial charge in [-0.15, -0.1) is 0 Å². The molecule has 27 heavy (non-hydrogen) atoms. The molecule has 0 saturated heterocycles. The fourth-order valence-electron chi connectivity index (χ4n) is 2.64. The van der Waals surface area contributed by atoms with Crippen LogP contribution in [0.3, 0.4) is 0 Å². The number of methoxy groups -OCH3 is 1. The zero-order valence-corrected chi connectivity index (χ0v) is 14.7. The normalized spacial score (nSPS) is 15.3. The molecule has 1 saturated carbocycles. The summed E-state index contributed by atoms with van der Waals surface area (Å²) in [7, 11) is 1.28. The lowest BCUT2D eigenvalue weighted by Crippen LogP contribution is -2.33. The second-order valence-electron chi connectivity index (χ2n) is 6.39. The van der Waals surface area contributed by atoms with Crippen LogP contribution >= 0.6 is 0 Å². The highest BCUT2D eigenvalue weighted by molar-refractivity contribution is 5.94. The number of ether oxygens (including phenoxy) is 1. The molecule has 1 aromatic heterocycles. The largest absolute Gasteiger partial charge is 0.495 e. The van der Waals surface area contributed by atoms with Gasteiger partial charge < -0.3 is 10.1 Å². The van der Waals surface area contributed by atoms with Crippen molar-refractivity contribution in [3.63, 3.8) is 0 Å². The Hall–Kier alpha value is -2.84. The molecule has 1 aliphatic carbocycles. The number of nitrogens with zero attached hydrogens (tertiary/aromatic N) is 2. The van der Waals surface area contributed by atoms with Crippen molar-refractivity contribution in [2.24, 2.45) is 0 Å². The molecule has 9 heteroatoms. The highest BCUT2D eigenvalue weighted by Crippen LogP contribution is 2.38. The van der Waals surface area contributed by atoms with E-state index in [1.165, 1.54) is 20.1 Å². The average molecular weight is 381 g/mol. The van der Waals surface area contributed by atoms with Gasteiger partial charge in [0.1, 0.15) is 11.8 Å². The predicted octanol–water partition coefficient (Wildman–Crippen LogP) is 3.35. The summed E-state index contributed by atoms with van der Waals surface area (Å²) in [6.45, 7) is 1.46. The van der Waals surface area contributed by atoms with Crippen LogP contribution in [0, 0.1) is 0 Å². The Morgan fingerprint density at radius 2 is 2.00 bits per heavy atom. The van der Waals surface area contributed by atoms with Gasteiger partial charge in [-0.1, -0.05) is 0 Å². The summed E-state index contributed by atoms with van der Waals surface area (Å²) in [5.41, 5.74) is -0.781. The number of benzene rings is 1. The van der Waals surface area contributed by atoms with Crippen LogP contribution in [0.4, 0.5) is 18.9 Å². The lowest BCUT2D eigenvalue weighted by molar-refractivity contribution is -0.137. The van der Waals surface area contributed by atoms with Crippen LogP contribution in [0.2, 0.25) is 0 Å². The summed E-state index contributed by atoms with van der Waals surface area (Å²) in [6, 6.07) is 4.76. The lowest BCUT2D eigenvalue weighted by atomic mass is 10.1. The molecule has 1 fully saturated rings. The SMILES string of the molecule is COc1ccc(C(F)(F)F)cc1NC(=O)[C@@H](C)n1nc(C2CC2)ccc1=O. The van der Waals surface area contributed by atoms with E-state index in [-0.39, 0.29) is 17.4 Å². The first kappa shape index (κ1) is 18.9. The van der Waals surface area contributed by atoms with Gasteiger partial charge in [-0.25, -0.2) is 4.68 Å². The quantitative estimate of drug-likeness (QED) is 0.862. The number of carbonyl (C=O) groups is 1. The van der Waals surface area contributed by atoms with Gasteiger partial charge in [-0.3, -0.25) is 9.59 Å². The Bertz CT molecular complexity index is 920. The minimum Gasteiger partial charge on any atom is -0.495 e. The first-order valence-corrected chi connectivity index (χ1v) is 8.36. The van der Waals surface area contributed by atoms with E-state index in [9.17, 15) is 22.8 Å². The molecule has 2 aromatic rings. The van der Waals surface area contributed by atoms with Crippen molar-refractivity contribution in [3.05, 3.63) is 51.9 Å². The molecule has 1 atom stereocenters. The molecule has 1 aromatic carbocycles. The van der Waals surface area contributed by atoms with E-state index in [2.05, 4.69) is 10.4 Å². The third kappa shape index (κ3) is 4.12. The molecule has 1 N–H and O–H groups in total. The number of aromatic nitrogens is 2. The van der Waals surface area contributed by atoms with E-state index < -0.39 is 29.2 Å². The first-order chi connectivity index (χ1) is 12.7. The van der Waals surface area contributed by atoms with Crippen molar-refractivity contribution in [1.82, 2.24) is 9.78 Å². The van der Waals surface area contributed by atoms with Crippen LogP contribution in [-0.4, -0.2) is 22.8 Å². The van der Waals surface area contributed by atoms with E-state index in [0.29, 0.717) is 0 Å². The van der Waals surface area contributed by atoms with Crippen LogP contribution in [0.15, 0.2) is 35.1 Å². The lowest BCUT2D eigenvalue weighted by Gasteiger charge is -2.17. The second kappa shape index (κ2) is 7.05. The number of anilines is 1. The van der Waals surface area contributed by atoms with Gasteiger partial charge in [-0.05, 0) is 44.0 Å². The van der Waals surface area contributed by atoms with E-state index in [0.717, 1.165) is 41.4 Å². The molecule has 1 heterocycles. The molecular weight excluding hydrogens is 363 g/mol. The minimum absolute atomic E-state index is 0.0792. The Kier molecular flexibility index (Phi) is 4.95. The van der Waals surface area contributed by atoms with Crippen LogP contribution in [-0.2, 0) is 11.0 Å². The third-order valence-electron chi connectivity index (χ3n) is 4.37. The van der Waals surface area contributed by atoms with E-state index in [4.69, 9.17) is 4.74 Å². The second-order valence-corrected chi connectivity index (χ2v) is 6.39. The maximum Gasteiger partial charge on any atom is 0.416 e. The van der Waals surface area contributed by atoms with Gasteiger partial charge in [-0.2, -0.15) is 18.3 Å². The number of alkyl halides is 3. The fourth-order valence-corrected chi connectivity index (χ4v) is 2.64. The Morgan fingerprint density at radius 1 is 1.30 bits per heavy atom. The van der Waals surface area contributed by atoms with Gasteiger partial charge in [0.25, 0.3) is 5.56 Å². The van der Waals surface area contributed by atoms with Crippen molar-refractivity contribution in [3.8, 4) is 5.75 Å². The highest BCUT2D eigenvalue weighted by atomic mass is 19.4. The van der Waals surface area contributed by atoms with Crippen LogP contribution in [0.1, 0.15) is 43.0 Å². The molecule has 0 unspecified atom stereocenters. The fraction of sp³-hybridized carbons (Fsp3) is 0.389. The zero-order valence-electron chi connectivity index (χ0n) is 14.7. The summed E-state index contributed by atoms with van der Waals surface area (Å²) >= 11 is 0. The molecule has 0 bridgehead atoms. The standard InChI is InChI=1S/C18H18F3N3O3/c1-10(24-16(25)8-6-13(23-24)11-3-4-11)17(26)22-14-9-12(18(19,20)21)5-7-15(14)27-2/h5-11H,3-4H2,1-2H3,(H,22,26)/t10-/m1/s1. The van der Waals surface area contributed by atoms with Gasteiger partial charge in [0.15, 0.2) is 0 Å². The van der Waals surface area contributed by atoms with E-state index in [1.54, 1.807) is 6.07 Å². The zero-order chi connectivity index (χ0) is 19.8. The van der Waals surface area contributed by atoms with Crippen LogP contribution in [0.25, 0.3) is 0 Å². The number of hydrogen-bond acceptors (Lipinski definition) is 4. The maximum atomic E-state index is 12.9. The number of carbonyl (C=O) groups excluding carboxylic acids is 1. The van der Waals surface area contributed by atoms with Crippen molar-refractivity contribution < 1.29 is 22.7 Å². The van der Waals surface area contributed by atoms with Crippen molar-refractivity contribution in [1.29, 1.82) is 0 Å². The number of hydrogen-bond donors (Lipinski definition) is 1. The first-order valence-electron chi connectivity index (χ1n) is 8.36. The summed E-state index contributed by atoms with van der Waals surface area (Å²) in [5, 5.41) is 6.63. The van der Waals surface area contributed by atoms with Gasteiger partial charge in [0, 0.05) is 12.0 Å². The molecule has 0 radical (unpaired) electrons. The number of nitrogens with one attached hydrogen (secondary N) is 1. The molecule has 1 aliphatic rings. The molecular formula is C18H18F3N3O3. The predicted molar refractivity (Wildman–Crippen MR) is 91.8 cm³/mol. The number of amides is 1. The summed E-state index contributed by atoms with van der Waals surface area (Å²) in [6.07, 6.45) is -2.60. The Labute approximate surface area is 153 Å². The summed E-state index contributed by atoms with van der Waals surface area (Å²) < 4.78 is 44.9. The summed E-state index contributed by atoms with van der Waals surface area (Å²) in [5.74, 6) is -0.304. The van der Waals surface area contributed by atoms with E-state index in [1.807, 2.05) is 0 Å². The number of halogens is 3. The molecule has 0 spiro atoms. The van der Waals surface area contributed by atoms with Crippen molar-refractivity contribution in [2.45, 2.75) is 37.9 Å². The number of rotatable bonds is 5. The molecule has 144 valence electrons.